The Hall–Kier alpha value is -2.80. The summed E-state index contributed by atoms with van der Waals surface area (Å²) in [7, 11) is 0. The van der Waals surface area contributed by atoms with Crippen LogP contribution in [-0.2, 0) is 0 Å². The average molecular weight is 344 g/mol. The van der Waals surface area contributed by atoms with Crippen LogP contribution >= 0.6 is 11.3 Å². The third-order valence-electron chi connectivity index (χ3n) is 3.53. The lowest BCUT2D eigenvalue weighted by atomic mass is 10.1. The van der Waals surface area contributed by atoms with Crippen molar-refractivity contribution in [1.82, 2.24) is 0 Å². The first-order chi connectivity index (χ1) is 11.5. The number of anilines is 1. The average Bonchev–Trinajstić information content (AvgIpc) is 3.13. The summed E-state index contributed by atoms with van der Waals surface area (Å²) in [5.74, 6) is -2.24. The van der Waals surface area contributed by atoms with Gasteiger partial charge in [-0.1, -0.05) is 12.1 Å². The van der Waals surface area contributed by atoms with E-state index < -0.39 is 17.7 Å². The smallest absolute Gasteiger partial charge is 0.339 e. The molecule has 0 fully saturated rings. The molecule has 1 aliphatic heterocycles. The molecular formula is C17H13FN2O3S. The fraction of sp³-hybridized carbons (Fsp3) is 0.118. The zero-order valence-electron chi connectivity index (χ0n) is 12.7. The first kappa shape index (κ1) is 16.1. The van der Waals surface area contributed by atoms with Crippen LogP contribution in [0, 0.1) is 5.82 Å². The SMILES string of the molecule is CC1=CCC(c2csc(NC(=O)c3cccc(F)c3)c2C(=O)O)=N1. The van der Waals surface area contributed by atoms with E-state index in [0.29, 0.717) is 17.7 Å². The molecule has 122 valence electrons. The van der Waals surface area contributed by atoms with Gasteiger partial charge in [0.1, 0.15) is 16.4 Å². The number of hydrogen-bond acceptors (Lipinski definition) is 4. The topological polar surface area (TPSA) is 78.8 Å². The molecule has 0 saturated heterocycles. The van der Waals surface area contributed by atoms with E-state index >= 15 is 0 Å². The highest BCUT2D eigenvalue weighted by molar-refractivity contribution is 7.15. The van der Waals surface area contributed by atoms with Crippen molar-refractivity contribution >= 4 is 33.9 Å². The van der Waals surface area contributed by atoms with Crippen molar-refractivity contribution < 1.29 is 19.1 Å². The Morgan fingerprint density at radius 3 is 2.79 bits per heavy atom. The van der Waals surface area contributed by atoms with Gasteiger partial charge in [-0.05, 0) is 25.1 Å². The summed E-state index contributed by atoms with van der Waals surface area (Å²) in [6, 6.07) is 5.21. The molecule has 2 N–H and O–H groups in total. The molecule has 0 spiro atoms. The van der Waals surface area contributed by atoms with Crippen LogP contribution in [-0.4, -0.2) is 22.7 Å². The van der Waals surface area contributed by atoms with Crippen LogP contribution in [0.3, 0.4) is 0 Å². The molecule has 0 atom stereocenters. The molecular weight excluding hydrogens is 331 g/mol. The van der Waals surface area contributed by atoms with Crippen LogP contribution in [0.25, 0.3) is 0 Å². The van der Waals surface area contributed by atoms with Crippen LogP contribution in [0.1, 0.15) is 39.6 Å². The van der Waals surface area contributed by atoms with Gasteiger partial charge in [0.15, 0.2) is 0 Å². The first-order valence-electron chi connectivity index (χ1n) is 7.12. The molecule has 0 radical (unpaired) electrons. The highest BCUT2D eigenvalue weighted by atomic mass is 32.1. The Morgan fingerprint density at radius 2 is 2.17 bits per heavy atom. The highest BCUT2D eigenvalue weighted by Gasteiger charge is 2.24. The number of hydrogen-bond donors (Lipinski definition) is 2. The number of aliphatic imine (C=N–C) groups is 1. The lowest BCUT2D eigenvalue weighted by molar-refractivity contribution is 0.0698. The summed E-state index contributed by atoms with van der Waals surface area (Å²) in [6.45, 7) is 1.84. The minimum atomic E-state index is -1.15. The predicted molar refractivity (Wildman–Crippen MR) is 90.5 cm³/mol. The summed E-state index contributed by atoms with van der Waals surface area (Å²) < 4.78 is 13.2. The second-order valence-corrected chi connectivity index (χ2v) is 6.11. The molecule has 24 heavy (non-hydrogen) atoms. The van der Waals surface area contributed by atoms with Gasteiger partial charge in [0.25, 0.3) is 5.91 Å². The van der Waals surface area contributed by atoms with E-state index in [9.17, 15) is 19.1 Å². The van der Waals surface area contributed by atoms with Gasteiger partial charge in [0.05, 0.1) is 5.71 Å². The van der Waals surface area contributed by atoms with Crippen LogP contribution < -0.4 is 5.32 Å². The van der Waals surface area contributed by atoms with Crippen LogP contribution in [0.4, 0.5) is 9.39 Å². The molecule has 2 heterocycles. The van der Waals surface area contributed by atoms with Gasteiger partial charge in [-0.3, -0.25) is 9.79 Å². The standard InChI is InChI=1S/C17H13FN2O3S/c1-9-5-6-13(19-9)12-8-24-16(14(12)17(22)23)20-15(21)10-3-2-4-11(18)7-10/h2-5,7-8H,6H2,1H3,(H,20,21)(H,22,23). The predicted octanol–water partition coefficient (Wildman–Crippen LogP) is 3.93. The number of rotatable bonds is 4. The zero-order valence-corrected chi connectivity index (χ0v) is 13.5. The first-order valence-corrected chi connectivity index (χ1v) is 8.00. The Morgan fingerprint density at radius 1 is 1.38 bits per heavy atom. The number of carboxylic acid groups (broad SMARTS) is 1. The van der Waals surface area contributed by atoms with E-state index in [1.807, 2.05) is 13.0 Å². The number of carbonyl (C=O) groups excluding carboxylic acids is 1. The van der Waals surface area contributed by atoms with E-state index in [2.05, 4.69) is 10.3 Å². The summed E-state index contributed by atoms with van der Waals surface area (Å²) in [6.07, 6.45) is 2.46. The third-order valence-corrected chi connectivity index (χ3v) is 4.43. The second kappa shape index (κ2) is 6.37. The minimum absolute atomic E-state index is 0.00611. The number of nitrogens with one attached hydrogen (secondary N) is 1. The van der Waals surface area contributed by atoms with Crippen molar-refractivity contribution in [3.63, 3.8) is 0 Å². The molecule has 0 unspecified atom stereocenters. The number of carboxylic acids is 1. The van der Waals surface area contributed by atoms with E-state index in [-0.39, 0.29) is 16.1 Å². The van der Waals surface area contributed by atoms with Gasteiger partial charge in [-0.15, -0.1) is 11.3 Å². The van der Waals surface area contributed by atoms with Gasteiger partial charge < -0.3 is 10.4 Å². The molecule has 1 aromatic carbocycles. The molecule has 5 nitrogen and oxygen atoms in total. The molecule has 0 bridgehead atoms. The number of aromatic carboxylic acids is 1. The van der Waals surface area contributed by atoms with Crippen molar-refractivity contribution in [2.45, 2.75) is 13.3 Å². The number of amides is 1. The monoisotopic (exact) mass is 344 g/mol. The number of nitrogens with zero attached hydrogens (tertiary/aromatic N) is 1. The van der Waals surface area contributed by atoms with Crippen molar-refractivity contribution in [2.24, 2.45) is 4.99 Å². The maximum absolute atomic E-state index is 13.2. The summed E-state index contributed by atoms with van der Waals surface area (Å²) in [5.41, 5.74) is 2.11. The van der Waals surface area contributed by atoms with E-state index in [0.717, 1.165) is 23.1 Å². The number of halogens is 1. The third kappa shape index (κ3) is 3.11. The van der Waals surface area contributed by atoms with Gasteiger partial charge in [0.2, 0.25) is 0 Å². The van der Waals surface area contributed by atoms with Crippen molar-refractivity contribution in [1.29, 1.82) is 0 Å². The molecule has 0 aliphatic carbocycles. The fourth-order valence-electron chi connectivity index (χ4n) is 2.40. The number of allylic oxidation sites excluding steroid dienone is 2. The van der Waals surface area contributed by atoms with Crippen molar-refractivity contribution in [3.8, 4) is 0 Å². The number of benzene rings is 1. The van der Waals surface area contributed by atoms with Crippen molar-refractivity contribution in [2.75, 3.05) is 5.32 Å². The highest BCUT2D eigenvalue weighted by Crippen LogP contribution is 2.31. The lowest BCUT2D eigenvalue weighted by Crippen LogP contribution is -2.14. The van der Waals surface area contributed by atoms with Gasteiger partial charge >= 0.3 is 5.97 Å². The van der Waals surface area contributed by atoms with Crippen LogP contribution in [0.2, 0.25) is 0 Å². The van der Waals surface area contributed by atoms with Crippen LogP contribution in [0.15, 0.2) is 46.4 Å². The van der Waals surface area contributed by atoms with E-state index in [4.69, 9.17) is 0 Å². The van der Waals surface area contributed by atoms with Gasteiger partial charge in [-0.2, -0.15) is 0 Å². The van der Waals surface area contributed by atoms with Crippen LogP contribution in [0.5, 0.6) is 0 Å². The second-order valence-electron chi connectivity index (χ2n) is 5.23. The van der Waals surface area contributed by atoms with E-state index in [1.165, 1.54) is 18.2 Å². The summed E-state index contributed by atoms with van der Waals surface area (Å²) in [5, 5.41) is 13.9. The zero-order chi connectivity index (χ0) is 17.3. The molecule has 1 amide bonds. The quantitative estimate of drug-likeness (QED) is 0.882. The molecule has 1 aliphatic rings. The molecule has 1 aromatic heterocycles. The Balaban J connectivity index is 1.92. The normalized spacial score (nSPS) is 13.4. The number of carbonyl (C=O) groups is 2. The van der Waals surface area contributed by atoms with Gasteiger partial charge in [-0.25, -0.2) is 9.18 Å². The van der Waals surface area contributed by atoms with Crippen molar-refractivity contribution in [3.05, 3.63) is 63.9 Å². The van der Waals surface area contributed by atoms with Gasteiger partial charge in [0, 0.05) is 28.6 Å². The lowest BCUT2D eigenvalue weighted by Gasteiger charge is -2.06. The summed E-state index contributed by atoms with van der Waals surface area (Å²) >= 11 is 1.11. The Kier molecular flexibility index (Phi) is 4.26. The maximum Gasteiger partial charge on any atom is 0.339 e. The summed E-state index contributed by atoms with van der Waals surface area (Å²) in [4.78, 5) is 28.2. The molecule has 7 heteroatoms. The molecule has 3 rings (SSSR count). The maximum atomic E-state index is 13.2. The largest absolute Gasteiger partial charge is 0.478 e. The van der Waals surface area contributed by atoms with E-state index in [1.54, 1.807) is 5.38 Å². The number of thiophene rings is 1. The molecule has 2 aromatic rings. The minimum Gasteiger partial charge on any atom is -0.478 e. The fourth-order valence-corrected chi connectivity index (χ4v) is 3.35. The molecule has 0 saturated carbocycles. The Labute approximate surface area is 141 Å². The Bertz CT molecular complexity index is 899.